The number of esters is 1. The van der Waals surface area contributed by atoms with Gasteiger partial charge >= 0.3 is 5.97 Å². The van der Waals surface area contributed by atoms with E-state index in [1.165, 1.54) is 13.0 Å². The number of ether oxygens (including phenoxy) is 1. The minimum absolute atomic E-state index is 0.106. The van der Waals surface area contributed by atoms with Gasteiger partial charge in [-0.05, 0) is 44.6 Å². The third-order valence-corrected chi connectivity index (χ3v) is 10.3. The quantitative estimate of drug-likeness (QED) is 0.259. The average Bonchev–Trinajstić information content (AvgIpc) is 3.05. The van der Waals surface area contributed by atoms with E-state index in [2.05, 4.69) is 0 Å². The number of Topliss-reactive ketones (excluding diaryl/α,β-unsaturated/α-hetero) is 1. The van der Waals surface area contributed by atoms with Crippen molar-refractivity contribution >= 4 is 29.1 Å². The van der Waals surface area contributed by atoms with E-state index in [-0.39, 0.29) is 19.3 Å². The number of aliphatic hydroxyl groups excluding tert-OH is 1. The summed E-state index contributed by atoms with van der Waals surface area (Å²) >= 11 is 6.03. The zero-order chi connectivity index (χ0) is 27.6. The Labute approximate surface area is 220 Å². The molecule has 0 aromatic heterocycles. The molecule has 0 radical (unpaired) electrons. The number of ketones is 2. The van der Waals surface area contributed by atoms with Gasteiger partial charge in [-0.25, -0.2) is 13.2 Å². The van der Waals surface area contributed by atoms with Crippen molar-refractivity contribution in [2.75, 3.05) is 5.88 Å². The highest BCUT2D eigenvalue weighted by atomic mass is 35.5. The predicted octanol–water partition coefficient (Wildman–Crippen LogP) is 5.52. The molecule has 37 heavy (non-hydrogen) atoms. The summed E-state index contributed by atoms with van der Waals surface area (Å²) in [6.07, 6.45) is 0.254. The number of carbonyl (C=O) groups is 3. The van der Waals surface area contributed by atoms with Crippen molar-refractivity contribution in [2.24, 2.45) is 28.6 Å². The maximum Gasteiger partial charge on any atom is 0.306 e. The molecule has 0 unspecified atom stereocenters. The van der Waals surface area contributed by atoms with Gasteiger partial charge in [0.15, 0.2) is 22.9 Å². The number of hydrogen-bond donors (Lipinski definition) is 1. The lowest BCUT2D eigenvalue weighted by atomic mass is 9.44. The normalized spacial score (nSPS) is 44.8. The van der Waals surface area contributed by atoms with Crippen molar-refractivity contribution < 1.29 is 37.4 Å². The molecule has 0 saturated heterocycles. The van der Waals surface area contributed by atoms with Crippen molar-refractivity contribution in [1.29, 1.82) is 0 Å². The number of carbonyl (C=O) groups excluding carboxylic acids is 3. The zero-order valence-corrected chi connectivity index (χ0v) is 22.5. The number of allylic oxidation sites excluding steroid dienone is 4. The minimum Gasteiger partial charge on any atom is -0.450 e. The summed E-state index contributed by atoms with van der Waals surface area (Å²) in [5.41, 5.74) is -7.91. The second-order valence-corrected chi connectivity index (χ2v) is 12.1. The average molecular weight is 545 g/mol. The molecule has 3 fully saturated rings. The van der Waals surface area contributed by atoms with E-state index < -0.39 is 93.4 Å². The van der Waals surface area contributed by atoms with Gasteiger partial charge in [-0.3, -0.25) is 14.4 Å². The smallest absolute Gasteiger partial charge is 0.306 e. The van der Waals surface area contributed by atoms with Crippen LogP contribution in [0.5, 0.6) is 0 Å². The molecule has 0 aromatic carbocycles. The number of fused-ring (bicyclic) bond motifs is 5. The molecule has 206 valence electrons. The van der Waals surface area contributed by atoms with Crippen molar-refractivity contribution in [2.45, 2.75) is 96.2 Å². The predicted molar refractivity (Wildman–Crippen MR) is 132 cm³/mol. The van der Waals surface area contributed by atoms with Crippen LogP contribution >= 0.6 is 11.6 Å². The van der Waals surface area contributed by atoms with Crippen molar-refractivity contribution in [3.05, 3.63) is 23.6 Å². The summed E-state index contributed by atoms with van der Waals surface area (Å²) in [5.74, 6) is -6.23. The topological polar surface area (TPSA) is 80.7 Å². The van der Waals surface area contributed by atoms with Crippen LogP contribution in [0.4, 0.5) is 13.2 Å². The Morgan fingerprint density at radius 2 is 1.89 bits per heavy atom. The van der Waals surface area contributed by atoms with Gasteiger partial charge in [0.1, 0.15) is 6.17 Å². The minimum atomic E-state index is -2.51. The number of rotatable bonds is 7. The van der Waals surface area contributed by atoms with Crippen LogP contribution in [0, 0.1) is 28.6 Å². The van der Waals surface area contributed by atoms with Gasteiger partial charge in [0.2, 0.25) is 5.78 Å². The molecule has 0 spiro atoms. The maximum absolute atomic E-state index is 17.3. The molecule has 4 aliphatic carbocycles. The molecule has 3 saturated carbocycles. The van der Waals surface area contributed by atoms with Crippen LogP contribution in [0.15, 0.2) is 23.6 Å². The lowest BCUT2D eigenvalue weighted by Gasteiger charge is -2.63. The van der Waals surface area contributed by atoms with Crippen LogP contribution in [-0.2, 0) is 19.1 Å². The number of aliphatic hydroxyl groups is 1. The summed E-state index contributed by atoms with van der Waals surface area (Å²) in [6.45, 7) is 6.74. The third kappa shape index (κ3) is 3.64. The Morgan fingerprint density at radius 3 is 2.51 bits per heavy atom. The van der Waals surface area contributed by atoms with Crippen molar-refractivity contribution in [3.63, 3.8) is 0 Å². The van der Waals surface area contributed by atoms with Crippen LogP contribution < -0.4 is 0 Å². The Bertz CT molecular complexity index is 1060. The van der Waals surface area contributed by atoms with Gasteiger partial charge in [0.05, 0.1) is 12.0 Å². The van der Waals surface area contributed by atoms with Gasteiger partial charge in [-0.15, -0.1) is 11.6 Å². The highest BCUT2D eigenvalue weighted by Gasteiger charge is 2.78. The Hall–Kier alpha value is -1.67. The van der Waals surface area contributed by atoms with Crippen LogP contribution in [0.1, 0.15) is 72.6 Å². The van der Waals surface area contributed by atoms with Crippen molar-refractivity contribution in [3.8, 4) is 0 Å². The maximum atomic E-state index is 17.3. The molecule has 4 aliphatic rings. The first-order valence-corrected chi connectivity index (χ1v) is 13.8. The van der Waals surface area contributed by atoms with Gasteiger partial charge in [-0.2, -0.15) is 0 Å². The summed E-state index contributed by atoms with van der Waals surface area (Å²) in [5, 5.41) is 11.5. The highest BCUT2D eigenvalue weighted by molar-refractivity contribution is 6.29. The number of alkyl halides is 3. The van der Waals surface area contributed by atoms with E-state index in [4.69, 9.17) is 16.3 Å². The lowest BCUT2D eigenvalue weighted by Crippen LogP contribution is -2.71. The second-order valence-electron chi connectivity index (χ2n) is 11.8. The highest BCUT2D eigenvalue weighted by Crippen LogP contribution is 2.72. The number of halogens is 4. The molecule has 0 aliphatic heterocycles. The molecule has 9 heteroatoms. The molecular formula is C28H36ClF3O5. The molecule has 9 atom stereocenters. The van der Waals surface area contributed by atoms with E-state index >= 15 is 8.78 Å². The molecule has 0 amide bonds. The standard InChI is InChI=1S/C28H36ClF3O5/c1-5-6-7-8-22(36)37-28(21(35)14-29)15(2)11-16-17-12-18(30)23-24(31)19(33)9-10-25(23,3)27(17,32)20(34)13-26(16,28)4/h9-10,15-18,20,34H,5-8,11-14H2,1-4H3/t15-,16+,17+,18+,20+,25+,26+,27+,28+/m1/s1. The third-order valence-electron chi connectivity index (χ3n) is 10.0. The fraction of sp³-hybridized carbons (Fsp3) is 0.750. The first-order chi connectivity index (χ1) is 17.3. The number of unbranched alkanes of at least 4 members (excludes halogenated alkanes) is 2. The van der Waals surface area contributed by atoms with E-state index in [9.17, 15) is 23.9 Å². The lowest BCUT2D eigenvalue weighted by molar-refractivity contribution is -0.230. The summed E-state index contributed by atoms with van der Waals surface area (Å²) in [6, 6.07) is 0. The van der Waals surface area contributed by atoms with E-state index in [1.54, 1.807) is 13.8 Å². The summed E-state index contributed by atoms with van der Waals surface area (Å²) in [7, 11) is 0. The fourth-order valence-corrected chi connectivity index (χ4v) is 8.53. The van der Waals surface area contributed by atoms with E-state index in [0.717, 1.165) is 18.9 Å². The first-order valence-electron chi connectivity index (χ1n) is 13.2. The number of hydrogen-bond acceptors (Lipinski definition) is 5. The Balaban J connectivity index is 1.81. The first kappa shape index (κ1) is 28.3. The van der Waals surface area contributed by atoms with Gasteiger partial charge in [0, 0.05) is 34.7 Å². The van der Waals surface area contributed by atoms with Crippen LogP contribution in [0.3, 0.4) is 0 Å². The van der Waals surface area contributed by atoms with Gasteiger partial charge in [0.25, 0.3) is 0 Å². The summed E-state index contributed by atoms with van der Waals surface area (Å²) < 4.78 is 53.9. The molecule has 0 aromatic rings. The molecule has 5 nitrogen and oxygen atoms in total. The molecule has 1 N–H and O–H groups in total. The van der Waals surface area contributed by atoms with Crippen molar-refractivity contribution in [1.82, 2.24) is 0 Å². The Morgan fingerprint density at radius 1 is 1.22 bits per heavy atom. The summed E-state index contributed by atoms with van der Waals surface area (Å²) in [4.78, 5) is 38.4. The molecule has 0 bridgehead atoms. The molecule has 4 rings (SSSR count). The second kappa shape index (κ2) is 9.51. The Kier molecular flexibility index (Phi) is 7.28. The largest absolute Gasteiger partial charge is 0.450 e. The SMILES string of the molecule is CCCCCC(=O)O[C@]1(C(=O)CCl)[C@H](C)C[C@H]2[C@@H]3C[C@H](F)C4=C(F)C(=O)C=C[C@]4(C)[C@@]3(F)[C@@H](O)C[C@@]21C. The monoisotopic (exact) mass is 544 g/mol. The van der Waals surface area contributed by atoms with E-state index in [1.807, 2.05) is 6.92 Å². The van der Waals surface area contributed by atoms with E-state index in [0.29, 0.717) is 6.42 Å². The molecule has 0 heterocycles. The van der Waals surface area contributed by atoms with Crippen LogP contribution in [-0.4, -0.2) is 52.1 Å². The molecular weight excluding hydrogens is 509 g/mol. The zero-order valence-electron chi connectivity index (χ0n) is 21.8. The van der Waals surface area contributed by atoms with Crippen LogP contribution in [0.25, 0.3) is 0 Å². The van der Waals surface area contributed by atoms with Gasteiger partial charge < -0.3 is 9.84 Å². The van der Waals surface area contributed by atoms with Crippen LogP contribution in [0.2, 0.25) is 0 Å². The fourth-order valence-electron chi connectivity index (χ4n) is 8.33. The van der Waals surface area contributed by atoms with Gasteiger partial charge in [-0.1, -0.05) is 39.7 Å².